The molecule has 0 bridgehead atoms. The summed E-state index contributed by atoms with van der Waals surface area (Å²) in [6, 6.07) is 6.60. The first-order valence-electron chi connectivity index (χ1n) is 10.2. The Labute approximate surface area is 198 Å². The van der Waals surface area contributed by atoms with E-state index < -0.39 is 34.9 Å². The number of anilines is 1. The van der Waals surface area contributed by atoms with Crippen molar-refractivity contribution in [2.75, 3.05) is 12.4 Å². The Morgan fingerprint density at radius 3 is 2.43 bits per heavy atom. The Morgan fingerprint density at radius 1 is 1.23 bits per heavy atom. The highest BCUT2D eigenvalue weighted by atomic mass is 19.4. The molecule has 3 rings (SSSR count). The predicted molar refractivity (Wildman–Crippen MR) is 123 cm³/mol. The topological polar surface area (TPSA) is 113 Å². The average Bonchev–Trinajstić information content (AvgIpc) is 2.96. The molecule has 2 amide bonds. The number of amides is 2. The highest BCUT2D eigenvalue weighted by Crippen LogP contribution is 2.31. The van der Waals surface area contributed by atoms with Gasteiger partial charge >= 0.3 is 6.18 Å². The summed E-state index contributed by atoms with van der Waals surface area (Å²) in [6.45, 7) is 4.57. The Bertz CT molecular complexity index is 1240. The van der Waals surface area contributed by atoms with Crippen LogP contribution >= 0.6 is 0 Å². The number of hydrogen-bond donors (Lipinski definition) is 2. The average molecular weight is 490 g/mol. The lowest BCUT2D eigenvalue weighted by Crippen LogP contribution is -2.35. The normalized spacial score (nSPS) is 16.4. The zero-order valence-corrected chi connectivity index (χ0v) is 19.2. The number of aliphatic imine (C=N–C) groups is 1. The molecule has 2 aromatic rings. The van der Waals surface area contributed by atoms with E-state index in [2.05, 4.69) is 20.4 Å². The van der Waals surface area contributed by atoms with E-state index in [0.717, 1.165) is 23.3 Å². The van der Waals surface area contributed by atoms with Crippen LogP contribution in [0, 0.1) is 18.2 Å². The number of aromatic nitrogens is 1. The molecular weight excluding hydrogens is 468 g/mol. The lowest BCUT2D eigenvalue weighted by atomic mass is 9.85. The van der Waals surface area contributed by atoms with Gasteiger partial charge in [-0.3, -0.25) is 9.59 Å². The molecule has 1 aliphatic rings. The molecule has 184 valence electrons. The number of hydrazone groups is 1. The van der Waals surface area contributed by atoms with Crippen molar-refractivity contribution >= 4 is 34.7 Å². The highest BCUT2D eigenvalue weighted by molar-refractivity contribution is 6.20. The number of rotatable bonds is 5. The van der Waals surface area contributed by atoms with Crippen LogP contribution in [-0.4, -0.2) is 46.5 Å². The van der Waals surface area contributed by atoms with Crippen molar-refractivity contribution in [2.45, 2.75) is 26.9 Å². The minimum atomic E-state index is -4.89. The van der Waals surface area contributed by atoms with Crippen molar-refractivity contribution in [1.29, 1.82) is 0 Å². The number of nitrogens with one attached hydrogen (secondary N) is 1. The van der Waals surface area contributed by atoms with Gasteiger partial charge in [-0.05, 0) is 50.6 Å². The van der Waals surface area contributed by atoms with Crippen molar-refractivity contribution in [3.8, 4) is 0 Å². The summed E-state index contributed by atoms with van der Waals surface area (Å²) in [5.41, 5.74) is 3.30. The van der Waals surface area contributed by atoms with Crippen molar-refractivity contribution in [3.05, 3.63) is 65.2 Å². The van der Waals surface area contributed by atoms with Crippen molar-refractivity contribution in [3.63, 3.8) is 0 Å². The van der Waals surface area contributed by atoms with Gasteiger partial charge in [0.1, 0.15) is 11.5 Å². The Morgan fingerprint density at radius 2 is 1.91 bits per heavy atom. The second-order valence-corrected chi connectivity index (χ2v) is 8.29. The monoisotopic (exact) mass is 490 g/mol. The first kappa shape index (κ1) is 25.5. The molecule has 0 atom stereocenters. The van der Waals surface area contributed by atoms with Gasteiger partial charge in [-0.1, -0.05) is 12.1 Å². The number of halogens is 4. The maximum atomic E-state index is 14.0. The third kappa shape index (κ3) is 5.36. The molecule has 0 radical (unpaired) electrons. The summed E-state index contributed by atoms with van der Waals surface area (Å²) in [5, 5.41) is 7.40. The van der Waals surface area contributed by atoms with Crippen molar-refractivity contribution in [1.82, 2.24) is 9.99 Å². The van der Waals surface area contributed by atoms with E-state index >= 15 is 0 Å². The van der Waals surface area contributed by atoms with Crippen molar-refractivity contribution in [2.24, 2.45) is 21.2 Å². The number of nitrogens with zero attached hydrogens (tertiary/aromatic N) is 4. The number of hydrogen-bond acceptors (Lipinski definition) is 6. The van der Waals surface area contributed by atoms with Crippen LogP contribution in [0.5, 0.6) is 0 Å². The summed E-state index contributed by atoms with van der Waals surface area (Å²) < 4.78 is 54.9. The van der Waals surface area contributed by atoms with Crippen LogP contribution in [0.4, 0.5) is 29.1 Å². The number of alkyl halides is 3. The number of pyridine rings is 1. The molecular formula is C23H22F4N6O2. The van der Waals surface area contributed by atoms with Crippen LogP contribution in [0.2, 0.25) is 0 Å². The third-order valence-electron chi connectivity index (χ3n) is 5.22. The van der Waals surface area contributed by atoms with Gasteiger partial charge in [0.2, 0.25) is 0 Å². The predicted octanol–water partition coefficient (Wildman–Crippen LogP) is 4.11. The molecule has 0 spiro atoms. The Balaban J connectivity index is 1.87. The van der Waals surface area contributed by atoms with Gasteiger partial charge in [-0.2, -0.15) is 18.3 Å². The molecule has 1 aromatic carbocycles. The molecule has 0 fully saturated rings. The number of allylic oxidation sites excluding steroid dienone is 2. The molecule has 0 aliphatic carbocycles. The van der Waals surface area contributed by atoms with Gasteiger partial charge in [0.15, 0.2) is 5.82 Å². The van der Waals surface area contributed by atoms with Crippen LogP contribution < -0.4 is 11.1 Å². The number of benzene rings is 1. The van der Waals surface area contributed by atoms with Gasteiger partial charge in [-0.15, -0.1) is 0 Å². The fourth-order valence-corrected chi connectivity index (χ4v) is 3.40. The smallest absolute Gasteiger partial charge is 0.397 e. The van der Waals surface area contributed by atoms with Crippen LogP contribution in [-0.2, 0) is 4.79 Å². The SMILES string of the molecule is Cc1cccc(F)c1C(=O)Nc1ccc(N=C(/C=C(\N)C2=NN(C)C(=O)C2(C)C)C(F)(F)F)nc1. The summed E-state index contributed by atoms with van der Waals surface area (Å²) >= 11 is 0. The molecule has 8 nitrogen and oxygen atoms in total. The number of carbonyl (C=O) groups excluding carboxylic acids is 2. The first-order chi connectivity index (χ1) is 16.2. The maximum absolute atomic E-state index is 14.0. The maximum Gasteiger partial charge on any atom is 0.433 e. The number of aryl methyl sites for hydroxylation is 1. The summed E-state index contributed by atoms with van der Waals surface area (Å²) in [5.74, 6) is -2.18. The second-order valence-electron chi connectivity index (χ2n) is 8.29. The minimum Gasteiger partial charge on any atom is -0.397 e. The number of carbonyl (C=O) groups is 2. The molecule has 35 heavy (non-hydrogen) atoms. The summed E-state index contributed by atoms with van der Waals surface area (Å²) in [6.07, 6.45) is -3.21. The quantitative estimate of drug-likeness (QED) is 0.485. The van der Waals surface area contributed by atoms with E-state index in [1.165, 1.54) is 33.0 Å². The molecule has 0 unspecified atom stereocenters. The fourth-order valence-electron chi connectivity index (χ4n) is 3.40. The fraction of sp³-hybridized carbons (Fsp3) is 0.261. The van der Waals surface area contributed by atoms with E-state index in [0.29, 0.717) is 11.6 Å². The minimum absolute atomic E-state index is 0.0172. The van der Waals surface area contributed by atoms with Crippen LogP contribution in [0.1, 0.15) is 29.8 Å². The highest BCUT2D eigenvalue weighted by Gasteiger charge is 2.44. The standard InChI is InChI=1S/C23H22F4N6O2/c1-12-6-5-7-14(24)18(12)20(34)30-13-8-9-17(29-11-13)31-16(23(25,26)27)10-15(28)19-22(2,3)21(35)33(4)32-19/h5-11H,28H2,1-4H3,(H,30,34)/b15-10-,31-16?. The zero-order valence-electron chi connectivity index (χ0n) is 19.2. The van der Waals surface area contributed by atoms with Crippen LogP contribution in [0.25, 0.3) is 0 Å². The largest absolute Gasteiger partial charge is 0.433 e. The lowest BCUT2D eigenvalue weighted by molar-refractivity contribution is -0.133. The van der Waals surface area contributed by atoms with E-state index in [-0.39, 0.29) is 28.5 Å². The Hall–Kier alpha value is -4.09. The molecule has 12 heteroatoms. The summed E-state index contributed by atoms with van der Waals surface area (Å²) in [4.78, 5) is 31.9. The van der Waals surface area contributed by atoms with Crippen LogP contribution in [0.3, 0.4) is 0 Å². The van der Waals surface area contributed by atoms with Crippen molar-refractivity contribution < 1.29 is 27.2 Å². The molecule has 0 saturated heterocycles. The molecule has 2 heterocycles. The van der Waals surface area contributed by atoms with E-state index in [4.69, 9.17) is 5.73 Å². The van der Waals surface area contributed by atoms with Gasteiger partial charge in [0.05, 0.1) is 34.3 Å². The first-order valence-corrected chi connectivity index (χ1v) is 10.2. The third-order valence-corrected chi connectivity index (χ3v) is 5.22. The zero-order chi connectivity index (χ0) is 26.1. The Kier molecular flexibility index (Phi) is 6.77. The summed E-state index contributed by atoms with van der Waals surface area (Å²) in [7, 11) is 1.38. The molecule has 1 aromatic heterocycles. The second kappa shape index (κ2) is 9.28. The van der Waals surface area contributed by atoms with Gasteiger partial charge in [0.25, 0.3) is 11.8 Å². The van der Waals surface area contributed by atoms with E-state index in [9.17, 15) is 27.2 Å². The van der Waals surface area contributed by atoms with E-state index in [1.54, 1.807) is 13.0 Å². The lowest BCUT2D eigenvalue weighted by Gasteiger charge is -2.18. The number of nitrogens with two attached hydrogens (primary N) is 1. The van der Waals surface area contributed by atoms with Gasteiger partial charge < -0.3 is 11.1 Å². The van der Waals surface area contributed by atoms with E-state index in [1.807, 2.05) is 0 Å². The molecule has 1 aliphatic heterocycles. The molecule has 0 saturated carbocycles. The van der Waals surface area contributed by atoms with Gasteiger partial charge in [0, 0.05) is 7.05 Å². The van der Waals surface area contributed by atoms with Crippen LogP contribution in [0.15, 0.2) is 58.4 Å². The molecule has 3 N–H and O–H groups in total. The van der Waals surface area contributed by atoms with Gasteiger partial charge in [-0.25, -0.2) is 19.4 Å².